The highest BCUT2D eigenvalue weighted by atomic mass is 35.5. The zero-order chi connectivity index (χ0) is 22.5. The topological polar surface area (TPSA) is 90.5 Å². The number of ether oxygens (including phenoxy) is 1. The lowest BCUT2D eigenvalue weighted by Gasteiger charge is -2.08. The average Bonchev–Trinajstić information content (AvgIpc) is 3.20. The fraction of sp³-hybridized carbons (Fsp3) is 0.217. The molecule has 2 aromatic heterocycles. The van der Waals surface area contributed by atoms with Gasteiger partial charge in [-0.25, -0.2) is 0 Å². The number of aryl methyl sites for hydroxylation is 1. The number of nitrogens with zero attached hydrogens (tertiary/aromatic N) is 4. The summed E-state index contributed by atoms with van der Waals surface area (Å²) in [6.45, 7) is 2.50. The van der Waals surface area contributed by atoms with Gasteiger partial charge in [0.2, 0.25) is 11.6 Å². The van der Waals surface area contributed by atoms with Crippen molar-refractivity contribution < 1.29 is 9.53 Å². The Morgan fingerprint density at radius 3 is 2.53 bits per heavy atom. The quantitative estimate of drug-likeness (QED) is 0.439. The summed E-state index contributed by atoms with van der Waals surface area (Å²) in [5.74, 6) is 1.28. The Balaban J connectivity index is 1.42. The van der Waals surface area contributed by atoms with Gasteiger partial charge < -0.3 is 10.1 Å². The van der Waals surface area contributed by atoms with Crippen LogP contribution in [0.5, 0.6) is 5.75 Å². The molecule has 2 heterocycles. The van der Waals surface area contributed by atoms with Gasteiger partial charge in [0.1, 0.15) is 11.6 Å². The number of aromatic nitrogens is 4. The number of fused-ring (bicyclic) bond motifs is 1. The third-order valence-corrected chi connectivity index (χ3v) is 5.15. The molecule has 4 aromatic rings. The molecule has 1 amide bonds. The van der Waals surface area contributed by atoms with Gasteiger partial charge in [-0.15, -0.1) is 10.2 Å². The van der Waals surface area contributed by atoms with E-state index in [0.717, 1.165) is 5.75 Å². The minimum atomic E-state index is -0.268. The largest absolute Gasteiger partial charge is 0.494 e. The molecule has 0 saturated heterocycles. The van der Waals surface area contributed by atoms with E-state index in [0.29, 0.717) is 48.1 Å². The standard InChI is InChI=1S/C23H22ClN5O3/c1-2-32-19-12-10-18(11-13-19)28-14-15-29-20(26-27-22(29)23(28)31)4-3-5-21(30)25-17-8-6-16(24)7-9-17/h6-15H,2-5H2,1H3,(H,25,30). The molecule has 32 heavy (non-hydrogen) atoms. The molecule has 164 valence electrons. The summed E-state index contributed by atoms with van der Waals surface area (Å²) < 4.78 is 8.63. The monoisotopic (exact) mass is 451 g/mol. The summed E-state index contributed by atoms with van der Waals surface area (Å²) >= 11 is 5.85. The molecule has 0 unspecified atom stereocenters. The molecule has 0 aliphatic rings. The van der Waals surface area contributed by atoms with Gasteiger partial charge in [-0.1, -0.05) is 11.6 Å². The Bertz CT molecular complexity index is 1280. The van der Waals surface area contributed by atoms with Crippen molar-refractivity contribution in [3.05, 3.63) is 82.1 Å². The van der Waals surface area contributed by atoms with Crippen LogP contribution in [0, 0.1) is 0 Å². The van der Waals surface area contributed by atoms with Crippen molar-refractivity contribution >= 4 is 28.8 Å². The normalized spacial score (nSPS) is 10.9. The van der Waals surface area contributed by atoms with Crippen LogP contribution in [0.2, 0.25) is 5.02 Å². The first kappa shape index (κ1) is 21.6. The number of hydrogen-bond donors (Lipinski definition) is 1. The molecule has 8 nitrogen and oxygen atoms in total. The maximum atomic E-state index is 12.9. The number of anilines is 1. The maximum absolute atomic E-state index is 12.9. The number of nitrogens with one attached hydrogen (secondary N) is 1. The summed E-state index contributed by atoms with van der Waals surface area (Å²) in [5, 5.41) is 11.7. The minimum absolute atomic E-state index is 0.0981. The summed E-state index contributed by atoms with van der Waals surface area (Å²) in [4.78, 5) is 25.1. The van der Waals surface area contributed by atoms with E-state index >= 15 is 0 Å². The lowest BCUT2D eigenvalue weighted by Crippen LogP contribution is -2.20. The molecular weight excluding hydrogens is 430 g/mol. The van der Waals surface area contributed by atoms with E-state index in [2.05, 4.69) is 15.5 Å². The van der Waals surface area contributed by atoms with Crippen LogP contribution in [-0.4, -0.2) is 31.7 Å². The molecule has 9 heteroatoms. The van der Waals surface area contributed by atoms with Crippen molar-refractivity contribution in [2.75, 3.05) is 11.9 Å². The fourth-order valence-corrected chi connectivity index (χ4v) is 3.47. The molecular formula is C23H22ClN5O3. The number of carbonyl (C=O) groups is 1. The number of benzene rings is 2. The van der Waals surface area contributed by atoms with E-state index < -0.39 is 0 Å². The number of rotatable bonds is 8. The van der Waals surface area contributed by atoms with Crippen molar-refractivity contribution in [2.24, 2.45) is 0 Å². The van der Waals surface area contributed by atoms with Crippen LogP contribution in [-0.2, 0) is 11.2 Å². The van der Waals surface area contributed by atoms with E-state index in [4.69, 9.17) is 16.3 Å². The highest BCUT2D eigenvalue weighted by Crippen LogP contribution is 2.16. The number of carbonyl (C=O) groups excluding carboxylic acids is 1. The Kier molecular flexibility index (Phi) is 6.51. The summed E-state index contributed by atoms with van der Waals surface area (Å²) in [6.07, 6.45) is 4.85. The average molecular weight is 452 g/mol. The smallest absolute Gasteiger partial charge is 0.300 e. The molecule has 0 bridgehead atoms. The van der Waals surface area contributed by atoms with Crippen molar-refractivity contribution in [3.63, 3.8) is 0 Å². The van der Waals surface area contributed by atoms with Crippen LogP contribution in [0.4, 0.5) is 5.69 Å². The zero-order valence-electron chi connectivity index (χ0n) is 17.5. The van der Waals surface area contributed by atoms with E-state index in [-0.39, 0.29) is 17.1 Å². The SMILES string of the molecule is CCOc1ccc(-n2ccn3c(CCCC(=O)Nc4ccc(Cl)cc4)nnc3c2=O)cc1. The Morgan fingerprint density at radius 2 is 1.81 bits per heavy atom. The van der Waals surface area contributed by atoms with Crippen LogP contribution in [0.1, 0.15) is 25.6 Å². The van der Waals surface area contributed by atoms with Crippen molar-refractivity contribution in [2.45, 2.75) is 26.2 Å². The highest BCUT2D eigenvalue weighted by Gasteiger charge is 2.12. The Labute approximate surface area is 189 Å². The number of amides is 1. The first-order valence-electron chi connectivity index (χ1n) is 10.3. The first-order valence-corrected chi connectivity index (χ1v) is 10.7. The molecule has 0 spiro atoms. The molecule has 4 rings (SSSR count). The van der Waals surface area contributed by atoms with Gasteiger partial charge >= 0.3 is 5.56 Å². The molecule has 2 aromatic carbocycles. The fourth-order valence-electron chi connectivity index (χ4n) is 3.34. The van der Waals surface area contributed by atoms with E-state index in [1.54, 1.807) is 41.1 Å². The second-order valence-corrected chi connectivity index (χ2v) is 7.56. The van der Waals surface area contributed by atoms with E-state index in [9.17, 15) is 9.59 Å². The van der Waals surface area contributed by atoms with Crippen LogP contribution >= 0.6 is 11.6 Å². The second-order valence-electron chi connectivity index (χ2n) is 7.12. The second kappa shape index (κ2) is 9.65. The summed E-state index contributed by atoms with van der Waals surface area (Å²) in [7, 11) is 0. The van der Waals surface area contributed by atoms with Gasteiger partial charge in [-0.3, -0.25) is 18.6 Å². The Morgan fingerprint density at radius 1 is 1.06 bits per heavy atom. The van der Waals surface area contributed by atoms with Gasteiger partial charge in [0.25, 0.3) is 0 Å². The third kappa shape index (κ3) is 4.81. The lowest BCUT2D eigenvalue weighted by molar-refractivity contribution is -0.116. The van der Waals surface area contributed by atoms with Gasteiger partial charge in [0, 0.05) is 41.6 Å². The van der Waals surface area contributed by atoms with Crippen LogP contribution < -0.4 is 15.6 Å². The molecule has 0 fully saturated rings. The van der Waals surface area contributed by atoms with Crippen molar-refractivity contribution in [1.29, 1.82) is 0 Å². The van der Waals surface area contributed by atoms with Gasteiger partial charge in [-0.2, -0.15) is 0 Å². The van der Waals surface area contributed by atoms with Crippen LogP contribution in [0.25, 0.3) is 11.3 Å². The van der Waals surface area contributed by atoms with E-state index in [1.807, 2.05) is 31.2 Å². The van der Waals surface area contributed by atoms with Gasteiger partial charge in [-0.05, 0) is 61.9 Å². The molecule has 1 N–H and O–H groups in total. The lowest BCUT2D eigenvalue weighted by atomic mass is 10.2. The zero-order valence-corrected chi connectivity index (χ0v) is 18.2. The van der Waals surface area contributed by atoms with Crippen molar-refractivity contribution in [3.8, 4) is 11.4 Å². The first-order chi connectivity index (χ1) is 15.5. The van der Waals surface area contributed by atoms with Crippen molar-refractivity contribution in [1.82, 2.24) is 19.2 Å². The highest BCUT2D eigenvalue weighted by molar-refractivity contribution is 6.30. The predicted octanol–water partition coefficient (Wildman–Crippen LogP) is 3.89. The van der Waals surface area contributed by atoms with Gasteiger partial charge in [0.15, 0.2) is 0 Å². The van der Waals surface area contributed by atoms with Gasteiger partial charge in [0.05, 0.1) is 6.61 Å². The third-order valence-electron chi connectivity index (χ3n) is 4.90. The maximum Gasteiger partial charge on any atom is 0.300 e. The molecule has 0 aliphatic heterocycles. The minimum Gasteiger partial charge on any atom is -0.494 e. The summed E-state index contributed by atoms with van der Waals surface area (Å²) in [6, 6.07) is 14.2. The van der Waals surface area contributed by atoms with Crippen LogP contribution in [0.3, 0.4) is 0 Å². The summed E-state index contributed by atoms with van der Waals surface area (Å²) in [5.41, 5.74) is 1.38. The molecule has 0 saturated carbocycles. The number of halogens is 1. The molecule has 0 aliphatic carbocycles. The Hall–Kier alpha value is -3.65. The molecule has 0 radical (unpaired) electrons. The van der Waals surface area contributed by atoms with E-state index in [1.165, 1.54) is 4.57 Å². The molecule has 0 atom stereocenters. The van der Waals surface area contributed by atoms with Crippen LogP contribution in [0.15, 0.2) is 65.7 Å². The predicted molar refractivity (Wildman–Crippen MR) is 123 cm³/mol. The number of hydrogen-bond acceptors (Lipinski definition) is 5.